The molecular formula is C9H13F2NO. The Balaban J connectivity index is 4.22. The normalized spacial score (nSPS) is 15.7. The van der Waals surface area contributed by atoms with Crippen LogP contribution in [-0.2, 0) is 4.79 Å². The Labute approximate surface area is 76.7 Å². The number of rotatable bonds is 3. The van der Waals surface area contributed by atoms with Gasteiger partial charge in [0, 0.05) is 6.92 Å². The third-order valence-electron chi connectivity index (χ3n) is 1.76. The third-order valence-corrected chi connectivity index (χ3v) is 1.76. The van der Waals surface area contributed by atoms with Gasteiger partial charge in [-0.05, 0) is 13.8 Å². The maximum Gasteiger partial charge on any atom is 0.256 e. The van der Waals surface area contributed by atoms with E-state index in [1.807, 2.05) is 0 Å². The number of hydrogen-bond acceptors (Lipinski definition) is 1. The van der Waals surface area contributed by atoms with Crippen LogP contribution in [0.25, 0.3) is 0 Å². The highest BCUT2D eigenvalue weighted by atomic mass is 19.3. The van der Waals surface area contributed by atoms with Crippen LogP contribution >= 0.6 is 0 Å². The number of carbonyl (C=O) groups excluding carboxylic acids is 1. The van der Waals surface area contributed by atoms with Crippen LogP contribution in [0.1, 0.15) is 20.8 Å². The summed E-state index contributed by atoms with van der Waals surface area (Å²) in [7, 11) is 0. The van der Waals surface area contributed by atoms with E-state index in [2.05, 4.69) is 11.2 Å². The summed E-state index contributed by atoms with van der Waals surface area (Å²) >= 11 is 0. The van der Waals surface area contributed by atoms with Crippen LogP contribution < -0.4 is 5.32 Å². The minimum atomic E-state index is -3.02. The van der Waals surface area contributed by atoms with Gasteiger partial charge in [-0.2, -0.15) is 0 Å². The molecule has 0 spiro atoms. The van der Waals surface area contributed by atoms with Crippen molar-refractivity contribution in [3.05, 3.63) is 0 Å². The molecule has 13 heavy (non-hydrogen) atoms. The topological polar surface area (TPSA) is 29.1 Å². The van der Waals surface area contributed by atoms with Crippen LogP contribution in [0.4, 0.5) is 8.78 Å². The summed E-state index contributed by atoms with van der Waals surface area (Å²) in [6, 6.07) is -0.516. The zero-order valence-electron chi connectivity index (χ0n) is 7.90. The van der Waals surface area contributed by atoms with E-state index < -0.39 is 23.8 Å². The number of nitrogens with one attached hydrogen (secondary N) is 1. The molecule has 74 valence electrons. The van der Waals surface area contributed by atoms with Gasteiger partial charge in [0.2, 0.25) is 5.91 Å². The van der Waals surface area contributed by atoms with Crippen LogP contribution in [-0.4, -0.2) is 17.9 Å². The quantitative estimate of drug-likeness (QED) is 0.668. The smallest absolute Gasteiger partial charge is 0.256 e. The number of hydrogen-bond donors (Lipinski definition) is 1. The molecule has 0 aromatic heterocycles. The summed E-state index contributed by atoms with van der Waals surface area (Å²) in [6.07, 6.45) is 4.98. The highest BCUT2D eigenvalue weighted by Gasteiger charge is 2.35. The Morgan fingerprint density at radius 1 is 1.54 bits per heavy atom. The predicted octanol–water partition coefficient (Wildman–Crippen LogP) is 1.42. The molecule has 0 saturated carbocycles. The Bertz CT molecular complexity index is 227. The molecule has 2 unspecified atom stereocenters. The van der Waals surface area contributed by atoms with Crippen LogP contribution in [0.5, 0.6) is 0 Å². The summed E-state index contributed by atoms with van der Waals surface area (Å²) in [5, 5.41) is 2.28. The van der Waals surface area contributed by atoms with Crippen molar-refractivity contribution in [1.82, 2.24) is 5.32 Å². The van der Waals surface area contributed by atoms with Gasteiger partial charge in [-0.1, -0.05) is 5.92 Å². The highest BCUT2D eigenvalue weighted by Crippen LogP contribution is 2.23. The molecule has 1 N–H and O–H groups in total. The standard InChI is InChI=1S/C9H13F2NO/c1-5-6(2)12-8(13)7(3)9(4,10)11/h1,6-7H,2-4H3,(H,12,13). The van der Waals surface area contributed by atoms with Gasteiger partial charge in [0.15, 0.2) is 0 Å². The Morgan fingerprint density at radius 2 is 2.00 bits per heavy atom. The fourth-order valence-electron chi connectivity index (χ4n) is 0.610. The SMILES string of the molecule is C#CC(C)NC(=O)C(C)C(C)(F)F. The lowest BCUT2D eigenvalue weighted by Gasteiger charge is -2.19. The van der Waals surface area contributed by atoms with Gasteiger partial charge in [0.1, 0.15) is 0 Å². The zero-order chi connectivity index (χ0) is 10.6. The fourth-order valence-corrected chi connectivity index (χ4v) is 0.610. The first-order valence-corrected chi connectivity index (χ1v) is 3.93. The van der Waals surface area contributed by atoms with Gasteiger partial charge in [-0.15, -0.1) is 6.42 Å². The number of carbonyl (C=O) groups is 1. The van der Waals surface area contributed by atoms with Gasteiger partial charge >= 0.3 is 0 Å². The molecule has 2 atom stereocenters. The molecule has 0 aromatic carbocycles. The second-order valence-corrected chi connectivity index (χ2v) is 3.07. The summed E-state index contributed by atoms with van der Waals surface area (Å²) in [5.41, 5.74) is 0. The summed E-state index contributed by atoms with van der Waals surface area (Å²) in [4.78, 5) is 11.1. The molecule has 0 aliphatic heterocycles. The average Bonchev–Trinajstić information content (AvgIpc) is 2.01. The van der Waals surface area contributed by atoms with Gasteiger partial charge in [-0.25, -0.2) is 8.78 Å². The molecule has 1 amide bonds. The molecule has 0 radical (unpaired) electrons. The summed E-state index contributed by atoms with van der Waals surface area (Å²) in [6.45, 7) is 3.43. The van der Waals surface area contributed by atoms with Crippen LogP contribution in [0, 0.1) is 18.3 Å². The maximum absolute atomic E-state index is 12.6. The lowest BCUT2D eigenvalue weighted by molar-refractivity contribution is -0.136. The first-order valence-electron chi connectivity index (χ1n) is 3.93. The van der Waals surface area contributed by atoms with Crippen molar-refractivity contribution < 1.29 is 13.6 Å². The van der Waals surface area contributed by atoms with Crippen LogP contribution in [0.2, 0.25) is 0 Å². The minimum Gasteiger partial charge on any atom is -0.342 e. The molecule has 0 aliphatic rings. The van der Waals surface area contributed by atoms with E-state index in [9.17, 15) is 13.6 Å². The predicted molar refractivity (Wildman–Crippen MR) is 46.2 cm³/mol. The Kier molecular flexibility index (Phi) is 3.86. The van der Waals surface area contributed by atoms with E-state index in [0.29, 0.717) is 6.92 Å². The first-order chi connectivity index (χ1) is 5.79. The Hall–Kier alpha value is -1.11. The molecule has 4 heteroatoms. The molecule has 0 saturated heterocycles. The van der Waals surface area contributed by atoms with Gasteiger partial charge in [-0.3, -0.25) is 4.79 Å². The van der Waals surface area contributed by atoms with E-state index in [1.165, 1.54) is 6.92 Å². The average molecular weight is 189 g/mol. The van der Waals surface area contributed by atoms with Gasteiger partial charge in [0.25, 0.3) is 5.92 Å². The highest BCUT2D eigenvalue weighted by molar-refractivity contribution is 5.79. The number of amides is 1. The third kappa shape index (κ3) is 3.88. The van der Waals surface area contributed by atoms with Crippen LogP contribution in [0.15, 0.2) is 0 Å². The van der Waals surface area contributed by atoms with Crippen molar-refractivity contribution in [2.45, 2.75) is 32.7 Å². The number of alkyl halides is 2. The number of halogens is 2. The van der Waals surface area contributed by atoms with Crippen molar-refractivity contribution in [3.63, 3.8) is 0 Å². The van der Waals surface area contributed by atoms with Crippen molar-refractivity contribution in [2.24, 2.45) is 5.92 Å². The van der Waals surface area contributed by atoms with Crippen molar-refractivity contribution in [2.75, 3.05) is 0 Å². The van der Waals surface area contributed by atoms with E-state index in [0.717, 1.165) is 0 Å². The second-order valence-electron chi connectivity index (χ2n) is 3.07. The van der Waals surface area contributed by atoms with Crippen molar-refractivity contribution in [3.8, 4) is 12.3 Å². The molecule has 0 rings (SSSR count). The van der Waals surface area contributed by atoms with Crippen molar-refractivity contribution >= 4 is 5.91 Å². The van der Waals surface area contributed by atoms with E-state index in [-0.39, 0.29) is 0 Å². The zero-order valence-corrected chi connectivity index (χ0v) is 7.90. The lowest BCUT2D eigenvalue weighted by atomic mass is 10.0. The van der Waals surface area contributed by atoms with E-state index >= 15 is 0 Å². The monoisotopic (exact) mass is 189 g/mol. The molecular weight excluding hydrogens is 176 g/mol. The van der Waals surface area contributed by atoms with E-state index in [1.54, 1.807) is 6.92 Å². The molecule has 0 aliphatic carbocycles. The fraction of sp³-hybridized carbons (Fsp3) is 0.667. The largest absolute Gasteiger partial charge is 0.342 e. The maximum atomic E-state index is 12.6. The first kappa shape index (κ1) is 11.9. The van der Waals surface area contributed by atoms with Gasteiger partial charge < -0.3 is 5.32 Å². The minimum absolute atomic E-state index is 0.516. The number of terminal acetylenes is 1. The summed E-state index contributed by atoms with van der Waals surface area (Å²) < 4.78 is 25.2. The molecule has 0 fully saturated rings. The second kappa shape index (κ2) is 4.22. The van der Waals surface area contributed by atoms with Gasteiger partial charge in [0.05, 0.1) is 12.0 Å². The summed E-state index contributed by atoms with van der Waals surface area (Å²) in [5.74, 6) is -2.87. The van der Waals surface area contributed by atoms with Crippen LogP contribution in [0.3, 0.4) is 0 Å². The van der Waals surface area contributed by atoms with Crippen molar-refractivity contribution in [1.29, 1.82) is 0 Å². The Morgan fingerprint density at radius 3 is 2.31 bits per heavy atom. The lowest BCUT2D eigenvalue weighted by Crippen LogP contribution is -2.41. The molecule has 0 aromatic rings. The van der Waals surface area contributed by atoms with E-state index in [4.69, 9.17) is 6.42 Å². The molecule has 2 nitrogen and oxygen atoms in total. The molecule has 0 bridgehead atoms. The molecule has 0 heterocycles.